The van der Waals surface area contributed by atoms with Gasteiger partial charge in [-0.15, -0.1) is 0 Å². The Morgan fingerprint density at radius 3 is 2.43 bits per heavy atom. The first-order valence-corrected chi connectivity index (χ1v) is 9.38. The van der Waals surface area contributed by atoms with Crippen molar-refractivity contribution in [3.05, 3.63) is 94.8 Å². The minimum absolute atomic E-state index is 0.265. The summed E-state index contributed by atoms with van der Waals surface area (Å²) in [5, 5.41) is 6.60. The van der Waals surface area contributed by atoms with Gasteiger partial charge in [-0.2, -0.15) is 0 Å². The largest absolute Gasteiger partial charge is 0.326 e. The molecule has 6 heteroatoms. The molecule has 1 amide bonds. The number of amides is 1. The highest BCUT2D eigenvalue weighted by Gasteiger charge is 2.09. The van der Waals surface area contributed by atoms with E-state index in [-0.39, 0.29) is 5.91 Å². The maximum absolute atomic E-state index is 12.6. The lowest BCUT2D eigenvalue weighted by molar-refractivity contribution is 0.0977. The summed E-state index contributed by atoms with van der Waals surface area (Å²) in [6.07, 6.45) is 4.43. The Balaban J connectivity index is 1.78. The highest BCUT2D eigenvalue weighted by atomic mass is 35.5. The van der Waals surface area contributed by atoms with Crippen LogP contribution in [0, 0.1) is 0 Å². The zero-order chi connectivity index (χ0) is 19.8. The second-order valence-electron chi connectivity index (χ2n) is 6.16. The summed E-state index contributed by atoms with van der Waals surface area (Å²) in [5.41, 5.74) is 3.54. The molecule has 0 atom stereocenters. The summed E-state index contributed by atoms with van der Waals surface area (Å²) < 4.78 is 0. The van der Waals surface area contributed by atoms with Crippen molar-refractivity contribution in [3.63, 3.8) is 0 Å². The van der Waals surface area contributed by atoms with Gasteiger partial charge in [0.1, 0.15) is 0 Å². The molecule has 0 aliphatic heterocycles. The number of nitrogens with one attached hydrogen (secondary N) is 2. The fourth-order valence-electron chi connectivity index (χ4n) is 2.51. The first-order chi connectivity index (χ1) is 13.6. The average Bonchev–Trinajstić information content (AvgIpc) is 2.73. The summed E-state index contributed by atoms with van der Waals surface area (Å²) in [6.45, 7) is 2.50. The van der Waals surface area contributed by atoms with Crippen LogP contribution in [0.2, 0.25) is 5.02 Å². The Kier molecular flexibility index (Phi) is 6.76. The van der Waals surface area contributed by atoms with Crippen LogP contribution >= 0.6 is 11.6 Å². The van der Waals surface area contributed by atoms with Crippen LogP contribution in [0.4, 0.5) is 5.69 Å². The number of pyridine rings is 1. The summed E-state index contributed by atoms with van der Waals surface area (Å²) >= 11 is 5.90. The van der Waals surface area contributed by atoms with E-state index in [1.165, 1.54) is 5.56 Å². The number of nitrogens with zero attached hydrogens (tertiary/aromatic N) is 2. The molecule has 0 saturated carbocycles. The van der Waals surface area contributed by atoms with E-state index in [0.29, 0.717) is 23.1 Å². The minimum atomic E-state index is -0.265. The van der Waals surface area contributed by atoms with Crippen molar-refractivity contribution in [3.8, 4) is 0 Å². The molecular weight excluding hydrogens is 372 g/mol. The first kappa shape index (κ1) is 19.6. The lowest BCUT2D eigenvalue weighted by atomic mass is 10.1. The van der Waals surface area contributed by atoms with Crippen molar-refractivity contribution >= 4 is 29.2 Å². The van der Waals surface area contributed by atoms with Crippen LogP contribution in [0.5, 0.6) is 0 Å². The number of rotatable bonds is 5. The highest BCUT2D eigenvalue weighted by molar-refractivity contribution is 6.30. The van der Waals surface area contributed by atoms with Crippen LogP contribution in [0.15, 0.2) is 78.0 Å². The number of halogens is 1. The van der Waals surface area contributed by atoms with Gasteiger partial charge in [0.25, 0.3) is 5.91 Å². The van der Waals surface area contributed by atoms with E-state index in [9.17, 15) is 4.79 Å². The van der Waals surface area contributed by atoms with Gasteiger partial charge >= 0.3 is 0 Å². The SMILES string of the molecule is CCc1ccc(NC(=NCc2cccnc2)NC(=O)c2ccc(Cl)cc2)cc1. The maximum Gasteiger partial charge on any atom is 0.257 e. The first-order valence-electron chi connectivity index (χ1n) is 9.00. The predicted octanol–water partition coefficient (Wildman–Crippen LogP) is 4.70. The molecular formula is C22H21ClN4O. The molecule has 0 fully saturated rings. The predicted molar refractivity (Wildman–Crippen MR) is 114 cm³/mol. The molecule has 3 rings (SSSR count). The van der Waals surface area contributed by atoms with Crippen LogP contribution in [0.3, 0.4) is 0 Å². The lowest BCUT2D eigenvalue weighted by Gasteiger charge is -2.12. The fraction of sp³-hybridized carbons (Fsp3) is 0.136. The Bertz CT molecular complexity index is 939. The summed E-state index contributed by atoms with van der Waals surface area (Å²) in [7, 11) is 0. The third-order valence-corrected chi connectivity index (χ3v) is 4.36. The molecule has 2 N–H and O–H groups in total. The van der Waals surface area contributed by atoms with Gasteiger partial charge < -0.3 is 5.32 Å². The monoisotopic (exact) mass is 392 g/mol. The number of benzene rings is 2. The average molecular weight is 393 g/mol. The fourth-order valence-corrected chi connectivity index (χ4v) is 2.64. The number of aryl methyl sites for hydroxylation is 1. The van der Waals surface area contributed by atoms with E-state index in [1.807, 2.05) is 36.4 Å². The number of aliphatic imine (C=N–C) groups is 1. The van der Waals surface area contributed by atoms with Gasteiger partial charge in [-0.1, -0.05) is 36.7 Å². The second kappa shape index (κ2) is 9.67. The molecule has 0 unspecified atom stereocenters. The molecule has 0 aliphatic carbocycles. The smallest absolute Gasteiger partial charge is 0.257 e. The van der Waals surface area contributed by atoms with E-state index < -0.39 is 0 Å². The Morgan fingerprint density at radius 1 is 1.04 bits per heavy atom. The van der Waals surface area contributed by atoms with Gasteiger partial charge in [0, 0.05) is 28.7 Å². The van der Waals surface area contributed by atoms with Crippen molar-refractivity contribution in [2.45, 2.75) is 19.9 Å². The number of hydrogen-bond acceptors (Lipinski definition) is 3. The number of aromatic nitrogens is 1. The van der Waals surface area contributed by atoms with Crippen molar-refractivity contribution < 1.29 is 4.79 Å². The molecule has 5 nitrogen and oxygen atoms in total. The standard InChI is InChI=1S/C22H21ClN4O/c1-2-16-5-11-20(12-6-16)26-22(25-15-17-4-3-13-24-14-17)27-21(28)18-7-9-19(23)10-8-18/h3-14H,2,15H2,1H3,(H2,25,26,27,28). The van der Waals surface area contributed by atoms with Gasteiger partial charge in [-0.3, -0.25) is 15.1 Å². The van der Waals surface area contributed by atoms with Gasteiger partial charge in [0.05, 0.1) is 6.54 Å². The molecule has 1 aromatic heterocycles. The summed E-state index contributed by atoms with van der Waals surface area (Å²) in [4.78, 5) is 21.2. The van der Waals surface area contributed by atoms with Gasteiger partial charge in [0.15, 0.2) is 0 Å². The lowest BCUT2D eigenvalue weighted by Crippen LogP contribution is -2.36. The van der Waals surface area contributed by atoms with Crippen molar-refractivity contribution in [1.82, 2.24) is 10.3 Å². The summed E-state index contributed by atoms with van der Waals surface area (Å²) in [6, 6.07) is 18.5. The quantitative estimate of drug-likeness (QED) is 0.488. The molecule has 0 aliphatic rings. The van der Waals surface area contributed by atoms with Crippen LogP contribution in [-0.4, -0.2) is 16.9 Å². The zero-order valence-corrected chi connectivity index (χ0v) is 16.3. The number of carbonyl (C=O) groups excluding carboxylic acids is 1. The van der Waals surface area contributed by atoms with Crippen molar-refractivity contribution in [2.75, 3.05) is 5.32 Å². The molecule has 0 saturated heterocycles. The normalized spacial score (nSPS) is 11.1. The number of guanidine groups is 1. The summed E-state index contributed by atoms with van der Waals surface area (Å²) in [5.74, 6) is 0.104. The Morgan fingerprint density at radius 2 is 1.79 bits per heavy atom. The minimum Gasteiger partial charge on any atom is -0.326 e. The molecule has 2 aromatic carbocycles. The Labute approximate surface area is 169 Å². The highest BCUT2D eigenvalue weighted by Crippen LogP contribution is 2.12. The van der Waals surface area contributed by atoms with Crippen LogP contribution < -0.4 is 10.6 Å². The molecule has 142 valence electrons. The zero-order valence-electron chi connectivity index (χ0n) is 15.5. The van der Waals surface area contributed by atoms with Crippen molar-refractivity contribution in [1.29, 1.82) is 0 Å². The molecule has 0 radical (unpaired) electrons. The number of carbonyl (C=O) groups is 1. The van der Waals surface area contributed by atoms with E-state index in [4.69, 9.17) is 11.6 Å². The van der Waals surface area contributed by atoms with Crippen LogP contribution in [0.25, 0.3) is 0 Å². The van der Waals surface area contributed by atoms with Crippen LogP contribution in [0.1, 0.15) is 28.4 Å². The van der Waals surface area contributed by atoms with Gasteiger partial charge in [-0.25, -0.2) is 4.99 Å². The number of hydrogen-bond donors (Lipinski definition) is 2. The van der Waals surface area contributed by atoms with Crippen LogP contribution in [-0.2, 0) is 13.0 Å². The maximum atomic E-state index is 12.6. The molecule has 0 bridgehead atoms. The van der Waals surface area contributed by atoms with E-state index in [1.54, 1.807) is 36.7 Å². The molecule has 1 heterocycles. The van der Waals surface area contributed by atoms with E-state index >= 15 is 0 Å². The third kappa shape index (κ3) is 5.66. The van der Waals surface area contributed by atoms with E-state index in [0.717, 1.165) is 17.7 Å². The topological polar surface area (TPSA) is 66.4 Å². The van der Waals surface area contributed by atoms with Crippen molar-refractivity contribution in [2.24, 2.45) is 4.99 Å². The van der Waals surface area contributed by atoms with Gasteiger partial charge in [0.2, 0.25) is 5.96 Å². The van der Waals surface area contributed by atoms with Gasteiger partial charge in [-0.05, 0) is 60.0 Å². The second-order valence-corrected chi connectivity index (χ2v) is 6.60. The molecule has 28 heavy (non-hydrogen) atoms. The number of anilines is 1. The van der Waals surface area contributed by atoms with E-state index in [2.05, 4.69) is 27.5 Å². The molecule has 3 aromatic rings. The Hall–Kier alpha value is -3.18. The third-order valence-electron chi connectivity index (χ3n) is 4.11. The molecule has 0 spiro atoms.